The zero-order valence-electron chi connectivity index (χ0n) is 12.3. The van der Waals surface area contributed by atoms with Crippen molar-refractivity contribution >= 4 is 0 Å². The van der Waals surface area contributed by atoms with Crippen molar-refractivity contribution in [3.8, 4) is 0 Å². The number of nitrogens with one attached hydrogen (secondary N) is 1. The lowest BCUT2D eigenvalue weighted by atomic mass is 10.1. The minimum atomic E-state index is 0.0615. The van der Waals surface area contributed by atoms with Gasteiger partial charge in [0.25, 0.3) is 0 Å². The molecule has 0 saturated heterocycles. The molecule has 2 heterocycles. The topological polar surface area (TPSA) is 47.7 Å². The molecule has 2 aromatic heterocycles. The Hall–Kier alpha value is -2.40. The summed E-state index contributed by atoms with van der Waals surface area (Å²) in [5.74, 6) is 1.00. The molecule has 3 rings (SSSR count). The average molecular weight is 281 g/mol. The van der Waals surface area contributed by atoms with E-state index in [9.17, 15) is 0 Å². The molecule has 1 atom stereocenters. The van der Waals surface area contributed by atoms with Gasteiger partial charge in [-0.3, -0.25) is 10.00 Å². The largest absolute Gasteiger partial charge is 0.336 e. The Labute approximate surface area is 124 Å². The molecule has 1 N–H and O–H groups in total. The van der Waals surface area contributed by atoms with Crippen molar-refractivity contribution in [3.63, 3.8) is 0 Å². The summed E-state index contributed by atoms with van der Waals surface area (Å²) in [6, 6.07) is 10.4. The van der Waals surface area contributed by atoms with Crippen LogP contribution in [0.2, 0.25) is 0 Å². The van der Waals surface area contributed by atoms with Crippen LogP contribution in [0, 0.1) is 0 Å². The third-order valence-corrected chi connectivity index (χ3v) is 3.52. The number of rotatable bonds is 5. The Morgan fingerprint density at radius 3 is 2.62 bits per heavy atom. The lowest BCUT2D eigenvalue weighted by Gasteiger charge is -2.18. The maximum atomic E-state index is 4.49. The summed E-state index contributed by atoms with van der Waals surface area (Å²) in [6.07, 6.45) is 7.70. The van der Waals surface area contributed by atoms with E-state index >= 15 is 0 Å². The van der Waals surface area contributed by atoms with E-state index in [0.29, 0.717) is 0 Å². The van der Waals surface area contributed by atoms with Crippen LogP contribution >= 0.6 is 0 Å². The van der Waals surface area contributed by atoms with Crippen LogP contribution in [-0.2, 0) is 20.6 Å². The van der Waals surface area contributed by atoms with Crippen molar-refractivity contribution in [1.29, 1.82) is 0 Å². The molecule has 0 aliphatic heterocycles. The van der Waals surface area contributed by atoms with Gasteiger partial charge in [-0.1, -0.05) is 30.3 Å². The maximum Gasteiger partial charge on any atom is 0.130 e. The first-order valence-corrected chi connectivity index (χ1v) is 6.97. The van der Waals surface area contributed by atoms with E-state index in [1.807, 2.05) is 54.2 Å². The van der Waals surface area contributed by atoms with Gasteiger partial charge in [0.1, 0.15) is 5.82 Å². The van der Waals surface area contributed by atoms with Gasteiger partial charge in [-0.2, -0.15) is 5.10 Å². The van der Waals surface area contributed by atoms with Crippen LogP contribution in [0.25, 0.3) is 0 Å². The Morgan fingerprint density at radius 1 is 1.19 bits per heavy atom. The van der Waals surface area contributed by atoms with Crippen LogP contribution in [0.1, 0.15) is 23.0 Å². The molecule has 108 valence electrons. The van der Waals surface area contributed by atoms with Crippen LogP contribution in [0.3, 0.4) is 0 Å². The Kier molecular flexibility index (Phi) is 3.83. The Bertz CT molecular complexity index is 698. The van der Waals surface area contributed by atoms with Crippen LogP contribution in [0.4, 0.5) is 0 Å². The second kappa shape index (κ2) is 5.93. The molecular weight excluding hydrogens is 262 g/mol. The van der Waals surface area contributed by atoms with Gasteiger partial charge in [0.05, 0.1) is 12.2 Å². The number of benzene rings is 1. The Balaban J connectivity index is 1.84. The first-order chi connectivity index (χ1) is 10.2. The quantitative estimate of drug-likeness (QED) is 0.778. The molecule has 1 aromatic carbocycles. The van der Waals surface area contributed by atoms with Gasteiger partial charge in [-0.05, 0) is 5.56 Å². The third kappa shape index (κ3) is 3.03. The van der Waals surface area contributed by atoms with Gasteiger partial charge < -0.3 is 4.57 Å². The summed E-state index contributed by atoms with van der Waals surface area (Å²) in [5, 5.41) is 7.78. The summed E-state index contributed by atoms with van der Waals surface area (Å²) >= 11 is 0. The number of hydrogen-bond donors (Lipinski definition) is 1. The second-order valence-electron chi connectivity index (χ2n) is 5.14. The number of aryl methyl sites for hydroxylation is 2. The first-order valence-electron chi connectivity index (χ1n) is 6.97. The summed E-state index contributed by atoms with van der Waals surface area (Å²) in [6.45, 7) is 0.750. The lowest BCUT2D eigenvalue weighted by Crippen LogP contribution is -2.24. The monoisotopic (exact) mass is 281 g/mol. The van der Waals surface area contributed by atoms with Gasteiger partial charge in [0.15, 0.2) is 0 Å². The number of imidazole rings is 1. The van der Waals surface area contributed by atoms with Crippen LogP contribution in [0.5, 0.6) is 0 Å². The molecule has 0 radical (unpaired) electrons. The molecule has 0 aliphatic rings. The predicted molar refractivity (Wildman–Crippen MR) is 81.5 cm³/mol. The summed E-state index contributed by atoms with van der Waals surface area (Å²) in [4.78, 5) is 4.49. The van der Waals surface area contributed by atoms with Crippen molar-refractivity contribution in [2.24, 2.45) is 14.1 Å². The van der Waals surface area contributed by atoms with E-state index in [1.165, 1.54) is 5.56 Å². The van der Waals surface area contributed by atoms with E-state index in [4.69, 9.17) is 0 Å². The molecule has 1 unspecified atom stereocenters. The van der Waals surface area contributed by atoms with Crippen molar-refractivity contribution in [2.45, 2.75) is 12.6 Å². The number of hydrogen-bond acceptors (Lipinski definition) is 3. The molecule has 0 bridgehead atoms. The fourth-order valence-electron chi connectivity index (χ4n) is 2.44. The molecule has 0 fully saturated rings. The molecule has 5 heteroatoms. The van der Waals surface area contributed by atoms with Gasteiger partial charge in [-0.15, -0.1) is 0 Å². The summed E-state index contributed by atoms with van der Waals surface area (Å²) < 4.78 is 3.86. The van der Waals surface area contributed by atoms with Crippen molar-refractivity contribution in [2.75, 3.05) is 0 Å². The van der Waals surface area contributed by atoms with Crippen LogP contribution in [0.15, 0.2) is 55.1 Å². The zero-order chi connectivity index (χ0) is 14.7. The van der Waals surface area contributed by atoms with Gasteiger partial charge >= 0.3 is 0 Å². The number of aromatic nitrogens is 4. The van der Waals surface area contributed by atoms with Crippen molar-refractivity contribution in [3.05, 3.63) is 72.1 Å². The summed E-state index contributed by atoms with van der Waals surface area (Å²) in [7, 11) is 3.95. The van der Waals surface area contributed by atoms with E-state index in [-0.39, 0.29) is 6.04 Å². The highest BCUT2D eigenvalue weighted by molar-refractivity contribution is 5.25. The zero-order valence-corrected chi connectivity index (χ0v) is 12.3. The highest BCUT2D eigenvalue weighted by Crippen LogP contribution is 2.20. The molecule has 0 saturated carbocycles. The van der Waals surface area contributed by atoms with Crippen molar-refractivity contribution < 1.29 is 0 Å². The van der Waals surface area contributed by atoms with E-state index in [1.54, 1.807) is 0 Å². The molecule has 21 heavy (non-hydrogen) atoms. The predicted octanol–water partition coefficient (Wildman–Crippen LogP) is 2.03. The highest BCUT2D eigenvalue weighted by atomic mass is 15.2. The SMILES string of the molecule is Cn1cc(CNC(c2ccccc2)c2nccn2C)cn1. The second-order valence-corrected chi connectivity index (χ2v) is 5.14. The van der Waals surface area contributed by atoms with Gasteiger partial charge in [0, 0.05) is 44.8 Å². The fraction of sp³-hybridized carbons (Fsp3) is 0.250. The van der Waals surface area contributed by atoms with E-state index in [0.717, 1.165) is 17.9 Å². The highest BCUT2D eigenvalue weighted by Gasteiger charge is 2.17. The van der Waals surface area contributed by atoms with E-state index in [2.05, 4.69) is 39.7 Å². The fourth-order valence-corrected chi connectivity index (χ4v) is 2.44. The molecule has 0 aliphatic carbocycles. The normalized spacial score (nSPS) is 12.5. The summed E-state index contributed by atoms with van der Waals surface area (Å²) in [5.41, 5.74) is 2.36. The molecular formula is C16H19N5. The third-order valence-electron chi connectivity index (χ3n) is 3.52. The van der Waals surface area contributed by atoms with Crippen LogP contribution in [-0.4, -0.2) is 19.3 Å². The standard InChI is InChI=1S/C16H19N5/c1-20-9-8-17-16(20)15(14-6-4-3-5-7-14)18-10-13-11-19-21(2)12-13/h3-9,11-12,15,18H,10H2,1-2H3. The molecule has 3 aromatic rings. The lowest BCUT2D eigenvalue weighted by molar-refractivity contribution is 0.558. The molecule has 5 nitrogen and oxygen atoms in total. The number of nitrogens with zero attached hydrogens (tertiary/aromatic N) is 4. The van der Waals surface area contributed by atoms with E-state index < -0.39 is 0 Å². The first kappa shape index (κ1) is 13.6. The van der Waals surface area contributed by atoms with Gasteiger partial charge in [-0.25, -0.2) is 4.98 Å². The minimum absolute atomic E-state index is 0.0615. The van der Waals surface area contributed by atoms with Crippen molar-refractivity contribution in [1.82, 2.24) is 24.6 Å². The van der Waals surface area contributed by atoms with Crippen LogP contribution < -0.4 is 5.32 Å². The minimum Gasteiger partial charge on any atom is -0.336 e. The van der Waals surface area contributed by atoms with Gasteiger partial charge in [0.2, 0.25) is 0 Å². The Morgan fingerprint density at radius 2 is 2.00 bits per heavy atom. The average Bonchev–Trinajstić information content (AvgIpc) is 3.10. The maximum absolute atomic E-state index is 4.49. The molecule has 0 amide bonds. The smallest absolute Gasteiger partial charge is 0.130 e. The molecule has 0 spiro atoms.